The van der Waals surface area contributed by atoms with E-state index in [-0.39, 0.29) is 10.7 Å². The van der Waals surface area contributed by atoms with Crippen LogP contribution in [0.1, 0.15) is 20.8 Å². The van der Waals surface area contributed by atoms with Gasteiger partial charge in [0.15, 0.2) is 5.78 Å². The number of rotatable bonds is 0. The normalized spacial score (nSPS) is 33.2. The van der Waals surface area contributed by atoms with Gasteiger partial charge in [0, 0.05) is 11.2 Å². The molecule has 0 aromatic carbocycles. The minimum atomic E-state index is -0.0515. The van der Waals surface area contributed by atoms with Crippen molar-refractivity contribution in [3.63, 3.8) is 0 Å². The third kappa shape index (κ3) is 1.13. The lowest BCUT2D eigenvalue weighted by Crippen LogP contribution is -2.24. The molecule has 0 spiro atoms. The van der Waals surface area contributed by atoms with E-state index in [0.29, 0.717) is 5.78 Å². The Morgan fingerprint density at radius 1 is 1.67 bits per heavy atom. The summed E-state index contributed by atoms with van der Waals surface area (Å²) in [4.78, 5) is 11.2. The highest BCUT2D eigenvalue weighted by Gasteiger charge is 2.38. The molecular weight excluding hydrogens is 132 g/mol. The van der Waals surface area contributed by atoms with Crippen molar-refractivity contribution in [2.45, 2.75) is 26.0 Å². The lowest BCUT2D eigenvalue weighted by atomic mass is 9.90. The van der Waals surface area contributed by atoms with Crippen molar-refractivity contribution in [3.05, 3.63) is 0 Å². The number of thioether (sulfide) groups is 1. The molecule has 1 saturated heterocycles. The molecule has 1 atom stereocenters. The fraction of sp³-hybridized carbons (Fsp3) is 0.857. The second-order valence-electron chi connectivity index (χ2n) is 3.20. The molecule has 52 valence electrons. The summed E-state index contributed by atoms with van der Waals surface area (Å²) in [5.74, 6) is 1.40. The van der Waals surface area contributed by atoms with Crippen molar-refractivity contribution in [1.29, 1.82) is 0 Å². The average Bonchev–Trinajstić information content (AvgIpc) is 1.97. The van der Waals surface area contributed by atoms with Crippen LogP contribution in [0.25, 0.3) is 0 Å². The van der Waals surface area contributed by atoms with Crippen molar-refractivity contribution < 1.29 is 4.79 Å². The molecule has 1 rings (SSSR count). The van der Waals surface area contributed by atoms with Crippen LogP contribution in [0.4, 0.5) is 0 Å². The van der Waals surface area contributed by atoms with Gasteiger partial charge in [-0.25, -0.2) is 0 Å². The van der Waals surface area contributed by atoms with E-state index in [0.717, 1.165) is 5.75 Å². The third-order valence-electron chi connectivity index (χ3n) is 1.73. The van der Waals surface area contributed by atoms with Crippen LogP contribution < -0.4 is 0 Å². The summed E-state index contributed by atoms with van der Waals surface area (Å²) < 4.78 is 0. The van der Waals surface area contributed by atoms with Crippen molar-refractivity contribution in [2.75, 3.05) is 5.75 Å². The Kier molecular flexibility index (Phi) is 1.59. The van der Waals surface area contributed by atoms with Crippen LogP contribution in [0.5, 0.6) is 0 Å². The van der Waals surface area contributed by atoms with E-state index in [1.54, 1.807) is 11.8 Å². The Morgan fingerprint density at radius 2 is 2.22 bits per heavy atom. The zero-order valence-electron chi connectivity index (χ0n) is 6.10. The molecule has 1 nitrogen and oxygen atoms in total. The van der Waals surface area contributed by atoms with Gasteiger partial charge in [-0.3, -0.25) is 4.79 Å². The van der Waals surface area contributed by atoms with Crippen molar-refractivity contribution in [3.8, 4) is 0 Å². The highest BCUT2D eigenvalue weighted by molar-refractivity contribution is 8.01. The molecule has 1 aliphatic heterocycles. The Morgan fingerprint density at radius 3 is 2.33 bits per heavy atom. The standard InChI is InChI=1S/C7H12OS/c1-5-6(8)7(2,3)4-9-5/h5H,4H2,1-3H3. The largest absolute Gasteiger partial charge is 0.298 e. The van der Waals surface area contributed by atoms with Gasteiger partial charge in [-0.15, -0.1) is 11.8 Å². The zero-order valence-corrected chi connectivity index (χ0v) is 6.92. The topological polar surface area (TPSA) is 17.1 Å². The quantitative estimate of drug-likeness (QED) is 0.515. The molecule has 0 aromatic heterocycles. The van der Waals surface area contributed by atoms with Gasteiger partial charge in [0.25, 0.3) is 0 Å². The van der Waals surface area contributed by atoms with E-state index in [1.165, 1.54) is 0 Å². The number of ketones is 1. The fourth-order valence-electron chi connectivity index (χ4n) is 1.03. The molecule has 1 fully saturated rings. The first-order valence-corrected chi connectivity index (χ1v) is 4.25. The highest BCUT2D eigenvalue weighted by atomic mass is 32.2. The molecule has 1 aliphatic rings. The number of hydrogen-bond acceptors (Lipinski definition) is 2. The molecule has 9 heavy (non-hydrogen) atoms. The van der Waals surface area contributed by atoms with Gasteiger partial charge in [0.2, 0.25) is 0 Å². The molecule has 1 heterocycles. The predicted octanol–water partition coefficient (Wildman–Crippen LogP) is 1.72. The highest BCUT2D eigenvalue weighted by Crippen LogP contribution is 2.36. The van der Waals surface area contributed by atoms with Crippen LogP contribution in [0.15, 0.2) is 0 Å². The van der Waals surface area contributed by atoms with Crippen LogP contribution in [0.2, 0.25) is 0 Å². The summed E-state index contributed by atoms with van der Waals surface area (Å²) in [6, 6.07) is 0. The summed E-state index contributed by atoms with van der Waals surface area (Å²) in [5, 5.41) is 0.236. The molecule has 0 aromatic rings. The molecule has 2 heteroatoms. The van der Waals surface area contributed by atoms with Gasteiger partial charge in [-0.2, -0.15) is 0 Å². The zero-order chi connectivity index (χ0) is 7.07. The van der Waals surface area contributed by atoms with E-state index in [2.05, 4.69) is 0 Å². The van der Waals surface area contributed by atoms with Gasteiger partial charge in [-0.1, -0.05) is 13.8 Å². The molecule has 0 bridgehead atoms. The Hall–Kier alpha value is 0.0200. The van der Waals surface area contributed by atoms with E-state index < -0.39 is 0 Å². The van der Waals surface area contributed by atoms with Crippen molar-refractivity contribution >= 4 is 17.5 Å². The van der Waals surface area contributed by atoms with E-state index >= 15 is 0 Å². The first-order valence-electron chi connectivity index (χ1n) is 3.20. The monoisotopic (exact) mass is 144 g/mol. The van der Waals surface area contributed by atoms with Crippen LogP contribution >= 0.6 is 11.8 Å². The predicted molar refractivity (Wildman–Crippen MR) is 40.7 cm³/mol. The van der Waals surface area contributed by atoms with Crippen LogP contribution in [-0.2, 0) is 4.79 Å². The second-order valence-corrected chi connectivity index (χ2v) is 4.53. The molecule has 1 unspecified atom stereocenters. The molecule has 0 aliphatic carbocycles. The molecule has 0 amide bonds. The van der Waals surface area contributed by atoms with Gasteiger partial charge < -0.3 is 0 Å². The summed E-state index contributed by atoms with van der Waals surface area (Å²) in [5.41, 5.74) is -0.0515. The van der Waals surface area contributed by atoms with E-state index in [4.69, 9.17) is 0 Å². The summed E-state index contributed by atoms with van der Waals surface area (Å²) in [6.45, 7) is 6.03. The summed E-state index contributed by atoms with van der Waals surface area (Å²) >= 11 is 1.76. The van der Waals surface area contributed by atoms with E-state index in [1.807, 2.05) is 20.8 Å². The maximum atomic E-state index is 11.2. The number of carbonyl (C=O) groups excluding carboxylic acids is 1. The maximum absolute atomic E-state index is 11.2. The SMILES string of the molecule is CC1SCC(C)(C)C1=O. The van der Waals surface area contributed by atoms with Crippen LogP contribution in [-0.4, -0.2) is 16.8 Å². The van der Waals surface area contributed by atoms with Gasteiger partial charge in [-0.05, 0) is 6.92 Å². The number of carbonyl (C=O) groups is 1. The third-order valence-corrected chi connectivity index (χ3v) is 3.33. The van der Waals surface area contributed by atoms with Crippen LogP contribution in [0, 0.1) is 5.41 Å². The summed E-state index contributed by atoms with van der Waals surface area (Å²) in [7, 11) is 0. The van der Waals surface area contributed by atoms with Crippen LogP contribution in [0.3, 0.4) is 0 Å². The number of Topliss-reactive ketones (excluding diaryl/α,β-unsaturated/α-hetero) is 1. The maximum Gasteiger partial charge on any atom is 0.151 e. The fourth-order valence-corrected chi connectivity index (χ4v) is 2.31. The Balaban J connectivity index is 2.74. The molecule has 0 saturated carbocycles. The van der Waals surface area contributed by atoms with Gasteiger partial charge >= 0.3 is 0 Å². The minimum absolute atomic E-state index is 0.0515. The minimum Gasteiger partial charge on any atom is -0.298 e. The Bertz CT molecular complexity index is 140. The smallest absolute Gasteiger partial charge is 0.151 e. The lowest BCUT2D eigenvalue weighted by molar-refractivity contribution is -0.124. The number of hydrogen-bond donors (Lipinski definition) is 0. The first kappa shape index (κ1) is 7.13. The first-order chi connectivity index (χ1) is 4.04. The molecular formula is C7H12OS. The van der Waals surface area contributed by atoms with Crippen molar-refractivity contribution in [1.82, 2.24) is 0 Å². The molecule has 0 N–H and O–H groups in total. The van der Waals surface area contributed by atoms with Gasteiger partial charge in [0.05, 0.1) is 5.25 Å². The lowest BCUT2D eigenvalue weighted by Gasteiger charge is -2.12. The summed E-state index contributed by atoms with van der Waals surface area (Å²) in [6.07, 6.45) is 0. The van der Waals surface area contributed by atoms with Crippen molar-refractivity contribution in [2.24, 2.45) is 5.41 Å². The van der Waals surface area contributed by atoms with Gasteiger partial charge in [0.1, 0.15) is 0 Å². The molecule has 0 radical (unpaired) electrons. The second kappa shape index (κ2) is 2.01. The average molecular weight is 144 g/mol. The Labute approximate surface area is 60.2 Å². The van der Waals surface area contributed by atoms with E-state index in [9.17, 15) is 4.79 Å².